The van der Waals surface area contributed by atoms with E-state index in [1.165, 1.54) is 12.8 Å². The smallest absolute Gasteiger partial charge is 0.243 e. The molecule has 4 nitrogen and oxygen atoms in total. The van der Waals surface area contributed by atoms with Gasteiger partial charge in [0.25, 0.3) is 0 Å². The van der Waals surface area contributed by atoms with Crippen LogP contribution in [0.25, 0.3) is 0 Å². The summed E-state index contributed by atoms with van der Waals surface area (Å²) < 4.78 is 5.75. The van der Waals surface area contributed by atoms with E-state index in [0.29, 0.717) is 24.9 Å². The Hall–Kier alpha value is -0.610. The summed E-state index contributed by atoms with van der Waals surface area (Å²) in [5.74, 6) is 1.46. The average Bonchev–Trinajstić information content (AvgIpc) is 2.45. The topological polar surface area (TPSA) is 55.6 Å². The zero-order chi connectivity index (χ0) is 16.5. The summed E-state index contributed by atoms with van der Waals surface area (Å²) in [6.07, 6.45) is 4.30. The molecule has 2 N–H and O–H groups in total. The Morgan fingerprint density at radius 3 is 2.64 bits per heavy atom. The monoisotopic (exact) mass is 310 g/mol. The Morgan fingerprint density at radius 1 is 1.41 bits per heavy atom. The quantitative estimate of drug-likeness (QED) is 0.849. The molecule has 3 unspecified atom stereocenters. The number of carbonyl (C=O) groups is 1. The lowest BCUT2D eigenvalue weighted by Gasteiger charge is -2.59. The van der Waals surface area contributed by atoms with E-state index < -0.39 is 5.54 Å². The number of amides is 1. The minimum atomic E-state index is -0.757. The summed E-state index contributed by atoms with van der Waals surface area (Å²) in [7, 11) is 0. The van der Waals surface area contributed by atoms with Crippen molar-refractivity contribution in [1.82, 2.24) is 4.90 Å². The van der Waals surface area contributed by atoms with E-state index in [1.807, 2.05) is 11.8 Å². The summed E-state index contributed by atoms with van der Waals surface area (Å²) >= 11 is 0. The van der Waals surface area contributed by atoms with Gasteiger partial charge in [0.2, 0.25) is 5.91 Å². The molecule has 1 amide bonds. The minimum absolute atomic E-state index is 0.0997. The van der Waals surface area contributed by atoms with Crippen molar-refractivity contribution in [2.45, 2.75) is 71.9 Å². The molecule has 0 radical (unpaired) electrons. The Bertz CT molecular complexity index is 408. The van der Waals surface area contributed by atoms with Crippen LogP contribution in [0.1, 0.15) is 60.3 Å². The fourth-order valence-corrected chi connectivity index (χ4v) is 4.19. The standard InChI is InChI=1S/C18H34N2O2/c1-6-22-15-11-18(19,17(15,4)5)16(21)20-9-7-8-14(12-20)10-13(2)3/h13-15H,6-12,19H2,1-5H3. The molecule has 1 heterocycles. The van der Waals surface area contributed by atoms with Crippen LogP contribution in [-0.2, 0) is 9.53 Å². The molecule has 1 aliphatic carbocycles. The molecule has 2 aliphatic rings. The van der Waals surface area contributed by atoms with Gasteiger partial charge in [-0.1, -0.05) is 27.7 Å². The first-order valence-corrected chi connectivity index (χ1v) is 8.92. The first-order chi connectivity index (χ1) is 10.2. The second kappa shape index (κ2) is 6.48. The highest BCUT2D eigenvalue weighted by atomic mass is 16.5. The Morgan fingerprint density at radius 2 is 2.09 bits per heavy atom. The highest BCUT2D eigenvalue weighted by Gasteiger charge is 2.63. The molecule has 4 heteroatoms. The summed E-state index contributed by atoms with van der Waals surface area (Å²) in [6.45, 7) is 13.1. The second-order valence-corrected chi connectivity index (χ2v) is 8.23. The van der Waals surface area contributed by atoms with E-state index in [1.54, 1.807) is 0 Å². The normalized spacial score (nSPS) is 34.6. The number of carbonyl (C=O) groups excluding carboxylic acids is 1. The number of rotatable bonds is 5. The summed E-state index contributed by atoms with van der Waals surface area (Å²) in [5, 5.41) is 0. The van der Waals surface area contributed by atoms with Crippen molar-refractivity contribution < 1.29 is 9.53 Å². The number of hydrogen-bond acceptors (Lipinski definition) is 3. The molecular weight excluding hydrogens is 276 g/mol. The van der Waals surface area contributed by atoms with Crippen molar-refractivity contribution in [3.05, 3.63) is 0 Å². The number of nitrogens with two attached hydrogens (primary N) is 1. The second-order valence-electron chi connectivity index (χ2n) is 8.23. The highest BCUT2D eigenvalue weighted by Crippen LogP contribution is 2.50. The van der Waals surface area contributed by atoms with Gasteiger partial charge in [-0.05, 0) is 38.0 Å². The third-order valence-corrected chi connectivity index (χ3v) is 5.82. The fraction of sp³-hybridized carbons (Fsp3) is 0.944. The van der Waals surface area contributed by atoms with Gasteiger partial charge in [0.05, 0.1) is 6.10 Å². The summed E-state index contributed by atoms with van der Waals surface area (Å²) in [6, 6.07) is 0. The first-order valence-electron chi connectivity index (χ1n) is 8.92. The van der Waals surface area contributed by atoms with E-state index >= 15 is 0 Å². The van der Waals surface area contributed by atoms with Gasteiger partial charge in [-0.3, -0.25) is 4.79 Å². The van der Waals surface area contributed by atoms with Gasteiger partial charge in [-0.15, -0.1) is 0 Å². The third kappa shape index (κ3) is 3.05. The molecule has 2 fully saturated rings. The number of nitrogens with zero attached hydrogens (tertiary/aromatic N) is 1. The van der Waals surface area contributed by atoms with Crippen molar-refractivity contribution in [3.63, 3.8) is 0 Å². The van der Waals surface area contributed by atoms with Crippen LogP contribution < -0.4 is 5.73 Å². The lowest BCUT2D eigenvalue weighted by Crippen LogP contribution is -2.76. The van der Waals surface area contributed by atoms with Crippen LogP contribution in [0.15, 0.2) is 0 Å². The Balaban J connectivity index is 2.02. The van der Waals surface area contributed by atoms with Crippen molar-refractivity contribution in [1.29, 1.82) is 0 Å². The van der Waals surface area contributed by atoms with Gasteiger partial charge in [-0.25, -0.2) is 0 Å². The molecule has 22 heavy (non-hydrogen) atoms. The first kappa shape index (κ1) is 17.7. The molecule has 0 spiro atoms. The van der Waals surface area contributed by atoms with Gasteiger partial charge in [0.15, 0.2) is 0 Å². The van der Waals surface area contributed by atoms with Crippen LogP contribution >= 0.6 is 0 Å². The van der Waals surface area contributed by atoms with Crippen LogP contribution in [0.3, 0.4) is 0 Å². The number of piperidine rings is 1. The van der Waals surface area contributed by atoms with Crippen molar-refractivity contribution >= 4 is 5.91 Å². The largest absolute Gasteiger partial charge is 0.378 e. The van der Waals surface area contributed by atoms with Crippen LogP contribution in [0, 0.1) is 17.3 Å². The van der Waals surface area contributed by atoms with E-state index in [-0.39, 0.29) is 17.4 Å². The predicted octanol–water partition coefficient (Wildman–Crippen LogP) is 2.80. The Kier molecular flexibility index (Phi) is 5.23. The van der Waals surface area contributed by atoms with Crippen molar-refractivity contribution in [2.75, 3.05) is 19.7 Å². The average molecular weight is 310 g/mol. The molecule has 0 aromatic carbocycles. The number of likely N-dealkylation sites (tertiary alicyclic amines) is 1. The van der Waals surface area contributed by atoms with Gasteiger partial charge < -0.3 is 15.4 Å². The van der Waals surface area contributed by atoms with Gasteiger partial charge in [0, 0.05) is 31.5 Å². The van der Waals surface area contributed by atoms with Crippen molar-refractivity contribution in [3.8, 4) is 0 Å². The minimum Gasteiger partial charge on any atom is -0.378 e. The molecule has 2 rings (SSSR count). The van der Waals surface area contributed by atoms with E-state index in [4.69, 9.17) is 10.5 Å². The Labute approximate surface area is 135 Å². The highest BCUT2D eigenvalue weighted by molar-refractivity contribution is 5.89. The van der Waals surface area contributed by atoms with Crippen LogP contribution in [0.5, 0.6) is 0 Å². The lowest BCUT2D eigenvalue weighted by atomic mass is 9.54. The van der Waals surface area contributed by atoms with Crippen molar-refractivity contribution in [2.24, 2.45) is 23.0 Å². The third-order valence-electron chi connectivity index (χ3n) is 5.82. The maximum absolute atomic E-state index is 13.0. The van der Waals surface area contributed by atoms with Gasteiger partial charge >= 0.3 is 0 Å². The molecular formula is C18H34N2O2. The molecule has 1 saturated heterocycles. The van der Waals surface area contributed by atoms with Gasteiger partial charge in [-0.2, -0.15) is 0 Å². The molecule has 0 aromatic rings. The van der Waals surface area contributed by atoms with E-state index in [2.05, 4.69) is 27.7 Å². The van der Waals surface area contributed by atoms with E-state index in [9.17, 15) is 4.79 Å². The van der Waals surface area contributed by atoms with E-state index in [0.717, 1.165) is 19.5 Å². The number of ether oxygens (including phenoxy) is 1. The SMILES string of the molecule is CCOC1CC(N)(C(=O)N2CCCC(CC(C)C)C2)C1(C)C. The summed E-state index contributed by atoms with van der Waals surface area (Å²) in [5.41, 5.74) is 5.51. The maximum atomic E-state index is 13.0. The lowest BCUT2D eigenvalue weighted by molar-refractivity contribution is -0.180. The predicted molar refractivity (Wildman–Crippen MR) is 89.5 cm³/mol. The zero-order valence-corrected chi connectivity index (χ0v) is 15.0. The van der Waals surface area contributed by atoms with Crippen LogP contribution in [0.2, 0.25) is 0 Å². The molecule has 1 aliphatic heterocycles. The molecule has 0 aromatic heterocycles. The molecule has 0 bridgehead atoms. The molecule has 3 atom stereocenters. The molecule has 1 saturated carbocycles. The number of hydrogen-bond donors (Lipinski definition) is 1. The summed E-state index contributed by atoms with van der Waals surface area (Å²) in [4.78, 5) is 15.1. The fourth-order valence-electron chi connectivity index (χ4n) is 4.19. The zero-order valence-electron chi connectivity index (χ0n) is 15.0. The maximum Gasteiger partial charge on any atom is 0.243 e. The van der Waals surface area contributed by atoms with Gasteiger partial charge in [0.1, 0.15) is 5.54 Å². The molecule has 128 valence electrons. The van der Waals surface area contributed by atoms with Crippen LogP contribution in [0.4, 0.5) is 0 Å². The van der Waals surface area contributed by atoms with Crippen LogP contribution in [-0.4, -0.2) is 42.1 Å².